The molecule has 1 unspecified atom stereocenters. The molecule has 1 amide bonds. The van der Waals surface area contributed by atoms with Crippen molar-refractivity contribution in [2.45, 2.75) is 25.8 Å². The fourth-order valence-electron chi connectivity index (χ4n) is 3.17. The van der Waals surface area contributed by atoms with Gasteiger partial charge in [0.15, 0.2) is 0 Å². The predicted molar refractivity (Wildman–Crippen MR) is 96.7 cm³/mol. The third-order valence-corrected chi connectivity index (χ3v) is 4.53. The molecule has 1 aromatic carbocycles. The zero-order valence-electron chi connectivity index (χ0n) is 15.2. The van der Waals surface area contributed by atoms with Crippen LogP contribution >= 0.6 is 0 Å². The minimum absolute atomic E-state index is 0.145. The van der Waals surface area contributed by atoms with Crippen molar-refractivity contribution < 1.29 is 13.9 Å². The molecule has 2 heterocycles. The number of rotatable bonds is 6. The Morgan fingerprint density at radius 3 is 2.68 bits per heavy atom. The van der Waals surface area contributed by atoms with Crippen LogP contribution in [0.25, 0.3) is 0 Å². The Morgan fingerprint density at radius 1 is 1.16 bits per heavy atom. The lowest BCUT2D eigenvalue weighted by Crippen LogP contribution is -2.40. The van der Waals surface area contributed by atoms with Gasteiger partial charge in [0.2, 0.25) is 5.91 Å². The van der Waals surface area contributed by atoms with Crippen LogP contribution in [-0.2, 0) is 11.3 Å². The van der Waals surface area contributed by atoms with Gasteiger partial charge in [-0.15, -0.1) is 0 Å². The lowest BCUT2D eigenvalue weighted by Gasteiger charge is -2.31. The number of aryl methyl sites for hydroxylation is 1. The van der Waals surface area contributed by atoms with E-state index in [2.05, 4.69) is 4.90 Å². The Kier molecular flexibility index (Phi) is 5.43. The van der Waals surface area contributed by atoms with Crippen LogP contribution in [0.3, 0.4) is 0 Å². The van der Waals surface area contributed by atoms with E-state index in [-0.39, 0.29) is 11.8 Å². The van der Waals surface area contributed by atoms with E-state index in [1.165, 1.54) is 0 Å². The highest BCUT2D eigenvalue weighted by atomic mass is 16.5. The maximum Gasteiger partial charge on any atom is 0.230 e. The summed E-state index contributed by atoms with van der Waals surface area (Å²) in [7, 11) is 4.03. The molecule has 25 heavy (non-hydrogen) atoms. The SMILES string of the molecule is Cc1ccc(CN(CCN(C)C)C(=O)C2CCOc3ccccc32)o1. The molecule has 5 heteroatoms. The Balaban J connectivity index is 1.81. The van der Waals surface area contributed by atoms with Gasteiger partial charge in [0.05, 0.1) is 19.1 Å². The molecule has 0 saturated heterocycles. The summed E-state index contributed by atoms with van der Waals surface area (Å²) in [6, 6.07) is 11.7. The quantitative estimate of drug-likeness (QED) is 0.809. The fraction of sp³-hybridized carbons (Fsp3) is 0.450. The smallest absolute Gasteiger partial charge is 0.230 e. The second-order valence-corrected chi connectivity index (χ2v) is 6.80. The second-order valence-electron chi connectivity index (χ2n) is 6.80. The first-order valence-electron chi connectivity index (χ1n) is 8.75. The van der Waals surface area contributed by atoms with Crippen molar-refractivity contribution in [2.75, 3.05) is 33.8 Å². The number of nitrogens with zero attached hydrogens (tertiary/aromatic N) is 2. The molecule has 134 valence electrons. The van der Waals surface area contributed by atoms with Crippen molar-refractivity contribution in [3.05, 3.63) is 53.5 Å². The van der Waals surface area contributed by atoms with Crippen molar-refractivity contribution >= 4 is 5.91 Å². The Hall–Kier alpha value is -2.27. The van der Waals surface area contributed by atoms with Gasteiger partial charge in [-0.2, -0.15) is 0 Å². The average Bonchev–Trinajstić information content (AvgIpc) is 3.02. The third-order valence-electron chi connectivity index (χ3n) is 4.53. The molecule has 2 aromatic rings. The first-order chi connectivity index (χ1) is 12.0. The van der Waals surface area contributed by atoms with Crippen molar-refractivity contribution in [3.8, 4) is 5.75 Å². The van der Waals surface area contributed by atoms with Gasteiger partial charge >= 0.3 is 0 Å². The van der Waals surface area contributed by atoms with Crippen molar-refractivity contribution in [1.29, 1.82) is 0 Å². The molecule has 0 saturated carbocycles. The molecule has 0 fully saturated rings. The van der Waals surface area contributed by atoms with Crippen LogP contribution in [0.1, 0.15) is 29.4 Å². The number of likely N-dealkylation sites (N-methyl/N-ethyl adjacent to an activating group) is 1. The average molecular weight is 342 g/mol. The molecule has 3 rings (SSSR count). The lowest BCUT2D eigenvalue weighted by molar-refractivity contribution is -0.134. The van der Waals surface area contributed by atoms with Gasteiger partial charge in [-0.3, -0.25) is 4.79 Å². The Morgan fingerprint density at radius 2 is 1.96 bits per heavy atom. The summed E-state index contributed by atoms with van der Waals surface area (Å²) in [6.07, 6.45) is 0.714. The maximum absolute atomic E-state index is 13.3. The normalized spacial score (nSPS) is 16.4. The highest BCUT2D eigenvalue weighted by Crippen LogP contribution is 2.34. The lowest BCUT2D eigenvalue weighted by atomic mass is 9.91. The van der Waals surface area contributed by atoms with E-state index in [0.29, 0.717) is 26.1 Å². The number of carbonyl (C=O) groups excluding carboxylic acids is 1. The number of carbonyl (C=O) groups is 1. The minimum atomic E-state index is -0.150. The molecule has 0 N–H and O–H groups in total. The summed E-state index contributed by atoms with van der Waals surface area (Å²) in [4.78, 5) is 17.3. The van der Waals surface area contributed by atoms with Crippen LogP contribution in [0.2, 0.25) is 0 Å². The highest BCUT2D eigenvalue weighted by molar-refractivity contribution is 5.84. The van der Waals surface area contributed by atoms with Gasteiger partial charge in [0.25, 0.3) is 0 Å². The standard InChI is InChI=1S/C20H26N2O3/c1-15-8-9-16(25-15)14-22(12-11-21(2)3)20(23)18-10-13-24-19-7-5-4-6-17(18)19/h4-9,18H,10-14H2,1-3H3. The van der Waals surface area contributed by atoms with Crippen LogP contribution in [-0.4, -0.2) is 49.5 Å². The van der Waals surface area contributed by atoms with Crippen molar-refractivity contribution in [2.24, 2.45) is 0 Å². The fourth-order valence-corrected chi connectivity index (χ4v) is 3.17. The first kappa shape index (κ1) is 17.5. The van der Waals surface area contributed by atoms with Gasteiger partial charge in [-0.05, 0) is 45.6 Å². The van der Waals surface area contributed by atoms with Crippen LogP contribution in [0.5, 0.6) is 5.75 Å². The van der Waals surface area contributed by atoms with Gasteiger partial charge in [-0.25, -0.2) is 0 Å². The number of para-hydroxylation sites is 1. The topological polar surface area (TPSA) is 45.9 Å². The molecule has 0 radical (unpaired) electrons. The summed E-state index contributed by atoms with van der Waals surface area (Å²) >= 11 is 0. The van der Waals surface area contributed by atoms with Gasteiger partial charge in [-0.1, -0.05) is 18.2 Å². The van der Waals surface area contributed by atoms with E-state index < -0.39 is 0 Å². The van der Waals surface area contributed by atoms with Crippen LogP contribution < -0.4 is 4.74 Å². The van der Waals surface area contributed by atoms with E-state index in [1.807, 2.05) is 62.3 Å². The molecule has 0 aliphatic carbocycles. The van der Waals surface area contributed by atoms with Gasteiger partial charge in [0.1, 0.15) is 17.3 Å². The molecule has 1 aliphatic rings. The van der Waals surface area contributed by atoms with E-state index in [1.54, 1.807) is 0 Å². The summed E-state index contributed by atoms with van der Waals surface area (Å²) in [5, 5.41) is 0. The van der Waals surface area contributed by atoms with Crippen molar-refractivity contribution in [3.63, 3.8) is 0 Å². The summed E-state index contributed by atoms with van der Waals surface area (Å²) < 4.78 is 11.4. The second kappa shape index (κ2) is 7.74. The first-order valence-corrected chi connectivity index (χ1v) is 8.75. The van der Waals surface area contributed by atoms with Crippen LogP contribution in [0.4, 0.5) is 0 Å². The molecular weight excluding hydrogens is 316 g/mol. The Labute approximate surface area is 149 Å². The van der Waals surface area contributed by atoms with E-state index in [0.717, 1.165) is 29.4 Å². The summed E-state index contributed by atoms with van der Waals surface area (Å²) in [5.74, 6) is 2.51. The number of hydrogen-bond donors (Lipinski definition) is 0. The molecule has 1 aliphatic heterocycles. The third kappa shape index (κ3) is 4.23. The highest BCUT2D eigenvalue weighted by Gasteiger charge is 2.31. The van der Waals surface area contributed by atoms with E-state index in [9.17, 15) is 4.79 Å². The number of amides is 1. The van der Waals surface area contributed by atoms with Crippen LogP contribution in [0, 0.1) is 6.92 Å². The predicted octanol–water partition coefficient (Wildman–Crippen LogP) is 3.04. The van der Waals surface area contributed by atoms with Crippen LogP contribution in [0.15, 0.2) is 40.8 Å². The molecule has 0 spiro atoms. The largest absolute Gasteiger partial charge is 0.493 e. The molecular formula is C20H26N2O3. The monoisotopic (exact) mass is 342 g/mol. The van der Waals surface area contributed by atoms with Gasteiger partial charge in [0, 0.05) is 18.7 Å². The molecule has 0 bridgehead atoms. The number of ether oxygens (including phenoxy) is 1. The number of hydrogen-bond acceptors (Lipinski definition) is 4. The molecule has 1 aromatic heterocycles. The molecule has 5 nitrogen and oxygen atoms in total. The summed E-state index contributed by atoms with van der Waals surface area (Å²) in [6.45, 7) is 4.49. The zero-order chi connectivity index (χ0) is 17.8. The minimum Gasteiger partial charge on any atom is -0.493 e. The van der Waals surface area contributed by atoms with Crippen molar-refractivity contribution in [1.82, 2.24) is 9.80 Å². The number of furan rings is 1. The zero-order valence-corrected chi connectivity index (χ0v) is 15.2. The number of benzene rings is 1. The summed E-state index contributed by atoms with van der Waals surface area (Å²) in [5.41, 5.74) is 0.990. The Bertz CT molecular complexity index is 723. The molecule has 1 atom stereocenters. The van der Waals surface area contributed by atoms with E-state index >= 15 is 0 Å². The maximum atomic E-state index is 13.3. The van der Waals surface area contributed by atoms with E-state index in [4.69, 9.17) is 9.15 Å². The van der Waals surface area contributed by atoms with Gasteiger partial charge < -0.3 is 19.0 Å². The number of fused-ring (bicyclic) bond motifs is 1.